The zero-order valence-electron chi connectivity index (χ0n) is 13.8. The molecule has 2 aliphatic rings. The smallest absolute Gasteiger partial charge is 0.259 e. The van der Waals surface area contributed by atoms with E-state index in [1.54, 1.807) is 36.4 Å². The van der Waals surface area contributed by atoms with Crippen LogP contribution in [0.4, 0.5) is 11.4 Å². The number of nitrogens with zero attached hydrogens (tertiary/aromatic N) is 3. The SMILES string of the molecule is CC(=O)C1=NN(c2ccccc2)[C@@H]2C(=O)N(c3cccc(Cl)c3)C(=O)[C@@H]12. The lowest BCUT2D eigenvalue weighted by Crippen LogP contribution is -2.39. The number of imide groups is 1. The van der Waals surface area contributed by atoms with Gasteiger partial charge in [-0.1, -0.05) is 35.9 Å². The first kappa shape index (κ1) is 16.5. The van der Waals surface area contributed by atoms with Crippen molar-refractivity contribution in [3.8, 4) is 0 Å². The molecular formula is C19H14ClN3O3. The zero-order chi connectivity index (χ0) is 18.4. The second kappa shape index (κ2) is 6.07. The summed E-state index contributed by atoms with van der Waals surface area (Å²) in [5, 5.41) is 6.18. The van der Waals surface area contributed by atoms with Crippen molar-refractivity contribution < 1.29 is 14.4 Å². The van der Waals surface area contributed by atoms with Gasteiger partial charge in [0.2, 0.25) is 5.91 Å². The van der Waals surface area contributed by atoms with E-state index in [0.717, 1.165) is 4.90 Å². The lowest BCUT2D eigenvalue weighted by molar-refractivity contribution is -0.122. The van der Waals surface area contributed by atoms with Gasteiger partial charge in [0.25, 0.3) is 5.91 Å². The number of hydrazone groups is 1. The molecule has 7 heteroatoms. The molecule has 0 aliphatic carbocycles. The van der Waals surface area contributed by atoms with Crippen LogP contribution in [0.1, 0.15) is 6.92 Å². The van der Waals surface area contributed by atoms with Gasteiger partial charge in [0, 0.05) is 11.9 Å². The number of para-hydroxylation sites is 1. The quantitative estimate of drug-likeness (QED) is 0.782. The third-order valence-corrected chi connectivity index (χ3v) is 4.73. The Hall–Kier alpha value is -2.99. The molecule has 0 spiro atoms. The fourth-order valence-corrected chi connectivity index (χ4v) is 3.55. The molecule has 2 aromatic carbocycles. The molecule has 4 rings (SSSR count). The lowest BCUT2D eigenvalue weighted by atomic mass is 9.95. The molecule has 26 heavy (non-hydrogen) atoms. The van der Waals surface area contributed by atoms with Gasteiger partial charge >= 0.3 is 0 Å². The topological polar surface area (TPSA) is 70.1 Å². The highest BCUT2D eigenvalue weighted by Gasteiger charge is 2.58. The van der Waals surface area contributed by atoms with Crippen LogP contribution in [0, 0.1) is 5.92 Å². The van der Waals surface area contributed by atoms with Gasteiger partial charge in [-0.2, -0.15) is 5.10 Å². The number of Topliss-reactive ketones (excluding diaryl/α,β-unsaturated/α-hetero) is 1. The summed E-state index contributed by atoms with van der Waals surface area (Å²) in [5.41, 5.74) is 1.13. The van der Waals surface area contributed by atoms with Gasteiger partial charge in [-0.05, 0) is 30.3 Å². The van der Waals surface area contributed by atoms with Crippen LogP contribution in [0.15, 0.2) is 59.7 Å². The number of fused-ring (bicyclic) bond motifs is 1. The Morgan fingerprint density at radius 1 is 1.00 bits per heavy atom. The molecule has 2 aromatic rings. The average Bonchev–Trinajstić information content (AvgIpc) is 3.13. The second-order valence-corrected chi connectivity index (χ2v) is 6.57. The van der Waals surface area contributed by atoms with E-state index >= 15 is 0 Å². The van der Waals surface area contributed by atoms with Crippen LogP contribution in [0.2, 0.25) is 5.02 Å². The monoisotopic (exact) mass is 367 g/mol. The molecular weight excluding hydrogens is 354 g/mol. The molecule has 2 amide bonds. The van der Waals surface area contributed by atoms with Gasteiger partial charge in [0.1, 0.15) is 17.7 Å². The first-order valence-electron chi connectivity index (χ1n) is 8.06. The average molecular weight is 368 g/mol. The van der Waals surface area contributed by atoms with Crippen molar-refractivity contribution in [2.45, 2.75) is 13.0 Å². The van der Waals surface area contributed by atoms with Crippen molar-refractivity contribution in [2.75, 3.05) is 9.91 Å². The van der Waals surface area contributed by atoms with Crippen LogP contribution in [0.5, 0.6) is 0 Å². The molecule has 0 bridgehead atoms. The van der Waals surface area contributed by atoms with E-state index in [4.69, 9.17) is 11.6 Å². The third kappa shape index (κ3) is 2.42. The molecule has 2 atom stereocenters. The fourth-order valence-electron chi connectivity index (χ4n) is 3.37. The number of ketones is 1. The van der Waals surface area contributed by atoms with Crippen molar-refractivity contribution in [1.82, 2.24) is 0 Å². The largest absolute Gasteiger partial charge is 0.293 e. The molecule has 6 nitrogen and oxygen atoms in total. The molecule has 0 unspecified atom stereocenters. The molecule has 0 radical (unpaired) electrons. The number of rotatable bonds is 3. The number of hydrogen-bond donors (Lipinski definition) is 0. The Bertz CT molecular complexity index is 958. The Kier molecular flexibility index (Phi) is 3.85. The maximum Gasteiger partial charge on any atom is 0.259 e. The van der Waals surface area contributed by atoms with Crippen LogP contribution in [0.25, 0.3) is 0 Å². The molecule has 1 saturated heterocycles. The number of amides is 2. The van der Waals surface area contributed by atoms with E-state index in [1.807, 2.05) is 18.2 Å². The molecule has 2 heterocycles. The van der Waals surface area contributed by atoms with E-state index in [9.17, 15) is 14.4 Å². The minimum Gasteiger partial charge on any atom is -0.293 e. The highest BCUT2D eigenvalue weighted by Crippen LogP contribution is 2.38. The highest BCUT2D eigenvalue weighted by atomic mass is 35.5. The van der Waals surface area contributed by atoms with Crippen molar-refractivity contribution in [1.29, 1.82) is 0 Å². The molecule has 0 aromatic heterocycles. The normalized spacial score (nSPS) is 21.8. The fraction of sp³-hybridized carbons (Fsp3) is 0.158. The Morgan fingerprint density at radius 3 is 2.35 bits per heavy atom. The van der Waals surface area contributed by atoms with Crippen LogP contribution >= 0.6 is 11.6 Å². The standard InChI is InChI=1S/C19H14ClN3O3/c1-11(24)16-15-17(23(21-16)13-7-3-2-4-8-13)19(26)22(18(15)25)14-9-5-6-12(20)10-14/h2-10,15,17H,1H3/t15-,17-/m0/s1. The molecule has 0 saturated carbocycles. The van der Waals surface area contributed by atoms with Gasteiger partial charge in [-0.25, -0.2) is 4.90 Å². The third-order valence-electron chi connectivity index (χ3n) is 4.50. The van der Waals surface area contributed by atoms with Gasteiger partial charge < -0.3 is 0 Å². The molecule has 1 fully saturated rings. The number of carbonyl (C=O) groups is 3. The minimum absolute atomic E-state index is 0.0988. The van der Waals surface area contributed by atoms with Gasteiger partial charge in [-0.15, -0.1) is 0 Å². The minimum atomic E-state index is -0.917. The number of carbonyl (C=O) groups excluding carboxylic acids is 3. The number of benzene rings is 2. The number of anilines is 2. The van der Waals surface area contributed by atoms with E-state index in [-0.39, 0.29) is 11.5 Å². The zero-order valence-corrected chi connectivity index (χ0v) is 14.6. The Balaban J connectivity index is 1.81. The summed E-state index contributed by atoms with van der Waals surface area (Å²) in [7, 11) is 0. The Labute approximate surface area is 154 Å². The summed E-state index contributed by atoms with van der Waals surface area (Å²) in [5.74, 6) is -2.13. The maximum atomic E-state index is 13.1. The van der Waals surface area contributed by atoms with Crippen LogP contribution in [-0.4, -0.2) is 29.4 Å². The van der Waals surface area contributed by atoms with E-state index < -0.39 is 23.8 Å². The van der Waals surface area contributed by atoms with Gasteiger partial charge in [0.05, 0.1) is 11.4 Å². The van der Waals surface area contributed by atoms with E-state index in [1.165, 1.54) is 11.9 Å². The first-order valence-corrected chi connectivity index (χ1v) is 8.44. The van der Waals surface area contributed by atoms with Gasteiger partial charge in [-0.3, -0.25) is 19.4 Å². The van der Waals surface area contributed by atoms with Crippen molar-refractivity contribution in [2.24, 2.45) is 11.0 Å². The molecule has 130 valence electrons. The Morgan fingerprint density at radius 2 is 1.69 bits per heavy atom. The summed E-state index contributed by atoms with van der Waals surface area (Å²) in [4.78, 5) is 39.2. The van der Waals surface area contributed by atoms with Crippen LogP contribution in [-0.2, 0) is 14.4 Å². The van der Waals surface area contributed by atoms with E-state index in [2.05, 4.69) is 5.10 Å². The summed E-state index contributed by atoms with van der Waals surface area (Å²) < 4.78 is 0. The predicted octanol–water partition coefficient (Wildman–Crippen LogP) is 2.66. The van der Waals surface area contributed by atoms with Gasteiger partial charge in [0.15, 0.2) is 5.78 Å². The van der Waals surface area contributed by atoms with Crippen molar-refractivity contribution >= 4 is 46.3 Å². The highest BCUT2D eigenvalue weighted by molar-refractivity contribution is 6.49. The maximum absolute atomic E-state index is 13.1. The summed E-state index contributed by atoms with van der Waals surface area (Å²) in [6.07, 6.45) is 0. The van der Waals surface area contributed by atoms with Crippen LogP contribution < -0.4 is 9.91 Å². The lowest BCUT2D eigenvalue weighted by Gasteiger charge is -2.22. The van der Waals surface area contributed by atoms with E-state index in [0.29, 0.717) is 16.4 Å². The summed E-state index contributed by atoms with van der Waals surface area (Å²) in [6.45, 7) is 1.35. The molecule has 2 aliphatic heterocycles. The number of halogens is 1. The summed E-state index contributed by atoms with van der Waals surface area (Å²) >= 11 is 6.01. The van der Waals surface area contributed by atoms with Crippen molar-refractivity contribution in [3.05, 3.63) is 59.6 Å². The molecule has 0 N–H and O–H groups in total. The first-order chi connectivity index (χ1) is 12.5. The second-order valence-electron chi connectivity index (χ2n) is 6.14. The van der Waals surface area contributed by atoms with Crippen molar-refractivity contribution in [3.63, 3.8) is 0 Å². The number of hydrogen-bond acceptors (Lipinski definition) is 5. The predicted molar refractivity (Wildman–Crippen MR) is 98.3 cm³/mol. The van der Waals surface area contributed by atoms with Crippen LogP contribution in [0.3, 0.4) is 0 Å². The summed E-state index contributed by atoms with van der Waals surface area (Å²) in [6, 6.07) is 14.7.